The molecule has 0 bridgehead atoms. The van der Waals surface area contributed by atoms with Crippen LogP contribution in [0.4, 0.5) is 0 Å². The average molecular weight is 289 g/mol. The molecule has 1 amide bonds. The van der Waals surface area contributed by atoms with E-state index in [9.17, 15) is 4.79 Å². The van der Waals surface area contributed by atoms with Crippen LogP contribution in [0.3, 0.4) is 0 Å². The molecule has 0 aliphatic heterocycles. The highest BCUT2D eigenvalue weighted by atomic mass is 35.5. The number of para-hydroxylation sites is 1. The molecule has 0 saturated carbocycles. The zero-order chi connectivity index (χ0) is 13.4. The summed E-state index contributed by atoms with van der Waals surface area (Å²) < 4.78 is 10.4. The molecule has 5 nitrogen and oxygen atoms in total. The molecule has 6 heteroatoms. The Morgan fingerprint density at radius 2 is 1.95 bits per heavy atom. The largest absolute Gasteiger partial charge is 0.493 e. The second kappa shape index (κ2) is 9.47. The predicted molar refractivity (Wildman–Crippen MR) is 77.7 cm³/mol. The van der Waals surface area contributed by atoms with Gasteiger partial charge in [0.05, 0.1) is 19.8 Å². The number of halogens is 1. The minimum atomic E-state index is -0.163. The van der Waals surface area contributed by atoms with Gasteiger partial charge in [0, 0.05) is 13.1 Å². The minimum Gasteiger partial charge on any atom is -0.493 e. The first-order valence-electron chi connectivity index (χ1n) is 5.94. The summed E-state index contributed by atoms with van der Waals surface area (Å²) in [6.45, 7) is 4.23. The number of nitrogens with one attached hydrogen (secondary N) is 2. The van der Waals surface area contributed by atoms with Crippen LogP contribution < -0.4 is 20.1 Å². The fraction of sp³-hybridized carbons (Fsp3) is 0.462. The van der Waals surface area contributed by atoms with E-state index in [0.717, 1.165) is 13.1 Å². The van der Waals surface area contributed by atoms with Gasteiger partial charge in [-0.05, 0) is 18.7 Å². The van der Waals surface area contributed by atoms with Crippen LogP contribution in [0.1, 0.15) is 17.3 Å². The number of hydrogen-bond acceptors (Lipinski definition) is 4. The maximum absolute atomic E-state index is 12.0. The summed E-state index contributed by atoms with van der Waals surface area (Å²) in [6.07, 6.45) is 0. The third-order valence-electron chi connectivity index (χ3n) is 2.48. The smallest absolute Gasteiger partial charge is 0.255 e. The molecule has 0 spiro atoms. The average Bonchev–Trinajstić information content (AvgIpc) is 2.42. The van der Waals surface area contributed by atoms with Gasteiger partial charge in [-0.2, -0.15) is 0 Å². The summed E-state index contributed by atoms with van der Waals surface area (Å²) in [5.41, 5.74) is 0.480. The van der Waals surface area contributed by atoms with Crippen LogP contribution in [0.25, 0.3) is 0 Å². The van der Waals surface area contributed by atoms with Gasteiger partial charge in [-0.1, -0.05) is 13.0 Å². The zero-order valence-corrected chi connectivity index (χ0v) is 12.3. The van der Waals surface area contributed by atoms with Gasteiger partial charge >= 0.3 is 0 Å². The first kappa shape index (κ1) is 17.5. The zero-order valence-electron chi connectivity index (χ0n) is 11.5. The Labute approximate surface area is 120 Å². The second-order valence-corrected chi connectivity index (χ2v) is 3.65. The van der Waals surface area contributed by atoms with Crippen LogP contribution in [-0.4, -0.2) is 39.8 Å². The number of likely N-dealkylation sites (N-methyl/N-ethyl adjacent to an activating group) is 1. The fourth-order valence-corrected chi connectivity index (χ4v) is 1.60. The highest BCUT2D eigenvalue weighted by molar-refractivity contribution is 5.97. The molecule has 1 aromatic rings. The van der Waals surface area contributed by atoms with E-state index in [4.69, 9.17) is 9.47 Å². The lowest BCUT2D eigenvalue weighted by atomic mass is 10.1. The molecule has 0 aliphatic carbocycles. The molecular formula is C13H21ClN2O3. The van der Waals surface area contributed by atoms with E-state index in [0.29, 0.717) is 23.6 Å². The molecule has 0 fully saturated rings. The Balaban J connectivity index is 0.00000324. The van der Waals surface area contributed by atoms with Crippen molar-refractivity contribution in [3.63, 3.8) is 0 Å². The number of carbonyl (C=O) groups excluding carboxylic acids is 1. The number of benzene rings is 1. The topological polar surface area (TPSA) is 59.6 Å². The van der Waals surface area contributed by atoms with Gasteiger partial charge in [0.15, 0.2) is 11.5 Å². The third kappa shape index (κ3) is 4.96. The van der Waals surface area contributed by atoms with Crippen molar-refractivity contribution < 1.29 is 14.3 Å². The van der Waals surface area contributed by atoms with Crippen LogP contribution in [0.15, 0.2) is 18.2 Å². The van der Waals surface area contributed by atoms with Gasteiger partial charge in [-0.3, -0.25) is 4.79 Å². The van der Waals surface area contributed by atoms with E-state index in [-0.39, 0.29) is 18.3 Å². The van der Waals surface area contributed by atoms with E-state index in [1.165, 1.54) is 7.11 Å². The quantitative estimate of drug-likeness (QED) is 0.746. The van der Waals surface area contributed by atoms with Crippen molar-refractivity contribution in [2.75, 3.05) is 33.9 Å². The summed E-state index contributed by atoms with van der Waals surface area (Å²) >= 11 is 0. The molecular weight excluding hydrogens is 268 g/mol. The molecule has 0 radical (unpaired) electrons. The second-order valence-electron chi connectivity index (χ2n) is 3.65. The highest BCUT2D eigenvalue weighted by Gasteiger charge is 2.15. The van der Waals surface area contributed by atoms with Gasteiger partial charge in [0.2, 0.25) is 0 Å². The molecule has 108 valence electrons. The molecule has 19 heavy (non-hydrogen) atoms. The fourth-order valence-electron chi connectivity index (χ4n) is 1.60. The van der Waals surface area contributed by atoms with Gasteiger partial charge < -0.3 is 20.1 Å². The Bertz CT molecular complexity index is 399. The molecule has 0 unspecified atom stereocenters. The van der Waals surface area contributed by atoms with Gasteiger partial charge in [0.1, 0.15) is 0 Å². The van der Waals surface area contributed by atoms with Crippen molar-refractivity contribution in [3.8, 4) is 11.5 Å². The van der Waals surface area contributed by atoms with Crippen molar-refractivity contribution in [1.82, 2.24) is 10.6 Å². The van der Waals surface area contributed by atoms with E-state index >= 15 is 0 Å². The normalized spacial score (nSPS) is 9.42. The van der Waals surface area contributed by atoms with E-state index in [1.807, 2.05) is 6.92 Å². The van der Waals surface area contributed by atoms with Crippen molar-refractivity contribution in [1.29, 1.82) is 0 Å². The summed E-state index contributed by atoms with van der Waals surface area (Å²) in [6, 6.07) is 5.23. The van der Waals surface area contributed by atoms with Crippen LogP contribution in [0.5, 0.6) is 11.5 Å². The predicted octanol–water partition coefficient (Wildman–Crippen LogP) is 1.46. The molecule has 2 N–H and O–H groups in total. The Hall–Kier alpha value is -1.46. The molecule has 0 atom stereocenters. The van der Waals surface area contributed by atoms with Crippen LogP contribution in [0, 0.1) is 0 Å². The molecule has 1 aromatic carbocycles. The first-order chi connectivity index (χ1) is 8.74. The summed E-state index contributed by atoms with van der Waals surface area (Å²) in [7, 11) is 3.07. The van der Waals surface area contributed by atoms with E-state index in [2.05, 4.69) is 10.6 Å². The van der Waals surface area contributed by atoms with E-state index < -0.39 is 0 Å². The molecule has 0 aromatic heterocycles. The number of amides is 1. The van der Waals surface area contributed by atoms with Gasteiger partial charge in [-0.15, -0.1) is 12.4 Å². The SMILES string of the molecule is CCNCCNC(=O)c1cccc(OC)c1OC.Cl. The molecule has 0 aliphatic rings. The van der Waals surface area contributed by atoms with Crippen LogP contribution >= 0.6 is 12.4 Å². The third-order valence-corrected chi connectivity index (χ3v) is 2.48. The standard InChI is InChI=1S/C13H20N2O3.ClH/c1-4-14-8-9-15-13(16)10-6-5-7-11(17-2)12(10)18-3;/h5-7,14H,4,8-9H2,1-3H3,(H,15,16);1H. The number of ether oxygens (including phenoxy) is 2. The monoisotopic (exact) mass is 288 g/mol. The molecule has 0 saturated heterocycles. The summed E-state index contributed by atoms with van der Waals surface area (Å²) in [5, 5.41) is 5.96. The lowest BCUT2D eigenvalue weighted by molar-refractivity contribution is 0.0950. The van der Waals surface area contributed by atoms with Crippen LogP contribution in [-0.2, 0) is 0 Å². The van der Waals surface area contributed by atoms with Gasteiger partial charge in [0.25, 0.3) is 5.91 Å². The van der Waals surface area contributed by atoms with Crippen molar-refractivity contribution in [2.45, 2.75) is 6.92 Å². The minimum absolute atomic E-state index is 0. The number of methoxy groups -OCH3 is 2. The Kier molecular flexibility index (Phi) is 8.74. The Morgan fingerprint density at radius 1 is 1.21 bits per heavy atom. The summed E-state index contributed by atoms with van der Waals surface area (Å²) in [5.74, 6) is 0.849. The van der Waals surface area contributed by atoms with Gasteiger partial charge in [-0.25, -0.2) is 0 Å². The van der Waals surface area contributed by atoms with Crippen LogP contribution in [0.2, 0.25) is 0 Å². The van der Waals surface area contributed by atoms with E-state index in [1.54, 1.807) is 25.3 Å². The maximum atomic E-state index is 12.0. The van der Waals surface area contributed by atoms with Crippen molar-refractivity contribution >= 4 is 18.3 Å². The first-order valence-corrected chi connectivity index (χ1v) is 5.94. The van der Waals surface area contributed by atoms with Crippen molar-refractivity contribution in [3.05, 3.63) is 23.8 Å². The Morgan fingerprint density at radius 3 is 2.53 bits per heavy atom. The number of carbonyl (C=O) groups is 1. The highest BCUT2D eigenvalue weighted by Crippen LogP contribution is 2.30. The summed E-state index contributed by atoms with van der Waals surface area (Å²) in [4.78, 5) is 12.0. The number of rotatable bonds is 7. The van der Waals surface area contributed by atoms with Crippen molar-refractivity contribution in [2.24, 2.45) is 0 Å². The molecule has 1 rings (SSSR count). The number of hydrogen-bond donors (Lipinski definition) is 2. The lowest BCUT2D eigenvalue weighted by Crippen LogP contribution is -2.31. The lowest BCUT2D eigenvalue weighted by Gasteiger charge is -2.12. The molecule has 0 heterocycles. The maximum Gasteiger partial charge on any atom is 0.255 e.